The zero-order chi connectivity index (χ0) is 10.8. The van der Waals surface area contributed by atoms with E-state index in [1.165, 1.54) is 12.4 Å². The van der Waals surface area contributed by atoms with Crippen LogP contribution in [-0.4, -0.2) is 27.5 Å². The van der Waals surface area contributed by atoms with Crippen LogP contribution < -0.4 is 0 Å². The maximum atomic E-state index is 11.5. The monoisotopic (exact) mass is 225 g/mol. The molecule has 15 heavy (non-hydrogen) atoms. The number of carbonyl (C=O) groups is 1. The Morgan fingerprint density at radius 1 is 1.67 bits per heavy atom. The van der Waals surface area contributed by atoms with Crippen molar-refractivity contribution in [3.05, 3.63) is 23.2 Å². The maximum Gasteiger partial charge on any atom is 0.341 e. The number of aromatic nitrogens is 3. The molecule has 0 bridgehead atoms. The molecule has 2 aromatic rings. The maximum absolute atomic E-state index is 11.5. The van der Waals surface area contributed by atoms with Gasteiger partial charge in [0.2, 0.25) is 5.28 Å². The molecule has 5 nitrogen and oxygen atoms in total. The number of aromatic amines is 1. The Hall–Kier alpha value is -1.62. The van der Waals surface area contributed by atoms with Gasteiger partial charge in [-0.1, -0.05) is 0 Å². The fraction of sp³-hybridized carbons (Fsp3) is 0.222. The quantitative estimate of drug-likeness (QED) is 0.625. The number of rotatable bonds is 2. The van der Waals surface area contributed by atoms with Crippen molar-refractivity contribution in [2.24, 2.45) is 0 Å². The number of hydrogen-bond acceptors (Lipinski definition) is 4. The highest BCUT2D eigenvalue weighted by Crippen LogP contribution is 2.17. The summed E-state index contributed by atoms with van der Waals surface area (Å²) >= 11 is 5.64. The Balaban J connectivity index is 2.52. The van der Waals surface area contributed by atoms with Crippen LogP contribution in [-0.2, 0) is 4.74 Å². The molecule has 1 N–H and O–H groups in total. The molecule has 0 aliphatic rings. The van der Waals surface area contributed by atoms with Crippen molar-refractivity contribution in [3.63, 3.8) is 0 Å². The Morgan fingerprint density at radius 2 is 2.47 bits per heavy atom. The summed E-state index contributed by atoms with van der Waals surface area (Å²) in [5.74, 6) is -0.418. The Morgan fingerprint density at radius 3 is 3.20 bits per heavy atom. The van der Waals surface area contributed by atoms with Gasteiger partial charge in [0.05, 0.1) is 18.3 Å². The summed E-state index contributed by atoms with van der Waals surface area (Å²) in [5.41, 5.74) is 1.51. The van der Waals surface area contributed by atoms with Crippen molar-refractivity contribution in [2.75, 3.05) is 6.61 Å². The van der Waals surface area contributed by atoms with Gasteiger partial charge in [0.25, 0.3) is 0 Å². The standard InChI is InChI=1S/C9H8ClN3O2/c1-2-15-8(14)5-3-11-6-4-12-9(10)13-7(5)6/h3-4,11H,2H2,1H3. The van der Waals surface area contributed by atoms with E-state index >= 15 is 0 Å². The molecule has 0 spiro atoms. The number of nitrogens with zero attached hydrogens (tertiary/aromatic N) is 2. The summed E-state index contributed by atoms with van der Waals surface area (Å²) in [4.78, 5) is 22.1. The molecule has 0 saturated carbocycles. The molecule has 2 rings (SSSR count). The molecule has 0 saturated heterocycles. The van der Waals surface area contributed by atoms with Gasteiger partial charge in [-0.15, -0.1) is 0 Å². The van der Waals surface area contributed by atoms with Crippen molar-refractivity contribution < 1.29 is 9.53 Å². The summed E-state index contributed by atoms with van der Waals surface area (Å²) in [5, 5.41) is 0.104. The third-order valence-electron chi connectivity index (χ3n) is 1.88. The molecule has 2 aromatic heterocycles. The molecular formula is C9H8ClN3O2. The minimum Gasteiger partial charge on any atom is -0.462 e. The number of nitrogens with one attached hydrogen (secondary N) is 1. The number of halogens is 1. The van der Waals surface area contributed by atoms with Gasteiger partial charge in [0, 0.05) is 6.20 Å². The lowest BCUT2D eigenvalue weighted by Crippen LogP contribution is -2.04. The van der Waals surface area contributed by atoms with Crippen molar-refractivity contribution in [1.82, 2.24) is 15.0 Å². The number of hydrogen-bond donors (Lipinski definition) is 1. The van der Waals surface area contributed by atoms with E-state index < -0.39 is 5.97 Å². The highest BCUT2D eigenvalue weighted by atomic mass is 35.5. The zero-order valence-electron chi connectivity index (χ0n) is 7.95. The van der Waals surface area contributed by atoms with Crippen LogP contribution in [0.15, 0.2) is 12.4 Å². The number of carbonyl (C=O) groups excluding carboxylic acids is 1. The highest BCUT2D eigenvalue weighted by molar-refractivity contribution is 6.28. The fourth-order valence-corrected chi connectivity index (χ4v) is 1.39. The molecule has 0 aliphatic carbocycles. The molecular weight excluding hydrogens is 218 g/mol. The lowest BCUT2D eigenvalue weighted by molar-refractivity contribution is 0.0528. The van der Waals surface area contributed by atoms with E-state index in [-0.39, 0.29) is 5.28 Å². The van der Waals surface area contributed by atoms with Crippen LogP contribution in [0.2, 0.25) is 5.28 Å². The van der Waals surface area contributed by atoms with E-state index in [1.54, 1.807) is 6.92 Å². The van der Waals surface area contributed by atoms with E-state index in [0.717, 1.165) is 0 Å². The predicted octanol–water partition coefficient (Wildman–Crippen LogP) is 1.79. The Labute approximate surface area is 90.4 Å². The number of fused-ring (bicyclic) bond motifs is 1. The van der Waals surface area contributed by atoms with Crippen molar-refractivity contribution >= 4 is 28.6 Å². The average Bonchev–Trinajstić information content (AvgIpc) is 2.60. The first-order chi connectivity index (χ1) is 7.22. The van der Waals surface area contributed by atoms with Crippen LogP contribution >= 0.6 is 11.6 Å². The predicted molar refractivity (Wildman–Crippen MR) is 54.9 cm³/mol. The van der Waals surface area contributed by atoms with Crippen LogP contribution in [0, 0.1) is 0 Å². The molecule has 0 amide bonds. The molecule has 6 heteroatoms. The van der Waals surface area contributed by atoms with Crippen molar-refractivity contribution in [2.45, 2.75) is 6.92 Å². The first-order valence-corrected chi connectivity index (χ1v) is 4.77. The lowest BCUT2D eigenvalue weighted by atomic mass is 10.3. The second-order valence-electron chi connectivity index (χ2n) is 2.82. The minimum absolute atomic E-state index is 0.104. The fourth-order valence-electron chi connectivity index (χ4n) is 1.25. The average molecular weight is 226 g/mol. The van der Waals surface area contributed by atoms with E-state index in [9.17, 15) is 4.79 Å². The van der Waals surface area contributed by atoms with Crippen LogP contribution in [0.4, 0.5) is 0 Å². The Kier molecular flexibility index (Phi) is 2.55. The SMILES string of the molecule is CCOC(=O)c1c[nH]c2cnc(Cl)nc12. The van der Waals surface area contributed by atoms with E-state index in [2.05, 4.69) is 15.0 Å². The first kappa shape index (κ1) is 9.92. The topological polar surface area (TPSA) is 67.9 Å². The zero-order valence-corrected chi connectivity index (χ0v) is 8.71. The highest BCUT2D eigenvalue weighted by Gasteiger charge is 2.14. The molecule has 0 aromatic carbocycles. The summed E-state index contributed by atoms with van der Waals surface area (Å²) in [6.07, 6.45) is 3.06. The Bertz CT molecular complexity index is 509. The van der Waals surface area contributed by atoms with Crippen LogP contribution in [0.5, 0.6) is 0 Å². The molecule has 0 aliphatic heterocycles. The summed E-state index contributed by atoms with van der Waals surface area (Å²) in [6.45, 7) is 2.07. The molecule has 0 radical (unpaired) electrons. The van der Waals surface area contributed by atoms with Gasteiger partial charge in [-0.05, 0) is 18.5 Å². The van der Waals surface area contributed by atoms with Gasteiger partial charge in [0.15, 0.2) is 0 Å². The third kappa shape index (κ3) is 1.78. The number of esters is 1. The molecule has 0 fully saturated rings. The molecule has 78 valence electrons. The van der Waals surface area contributed by atoms with E-state index in [4.69, 9.17) is 16.3 Å². The molecule has 0 atom stereocenters. The first-order valence-electron chi connectivity index (χ1n) is 4.39. The van der Waals surface area contributed by atoms with Gasteiger partial charge in [-0.2, -0.15) is 0 Å². The van der Waals surface area contributed by atoms with Gasteiger partial charge >= 0.3 is 5.97 Å². The summed E-state index contributed by atoms with van der Waals surface area (Å²) in [6, 6.07) is 0. The van der Waals surface area contributed by atoms with Gasteiger partial charge in [-0.3, -0.25) is 0 Å². The smallest absolute Gasteiger partial charge is 0.341 e. The van der Waals surface area contributed by atoms with Crippen LogP contribution in [0.1, 0.15) is 17.3 Å². The van der Waals surface area contributed by atoms with E-state index in [0.29, 0.717) is 23.2 Å². The van der Waals surface area contributed by atoms with E-state index in [1.807, 2.05) is 0 Å². The number of ether oxygens (including phenoxy) is 1. The van der Waals surface area contributed by atoms with Crippen molar-refractivity contribution in [1.29, 1.82) is 0 Å². The third-order valence-corrected chi connectivity index (χ3v) is 2.06. The lowest BCUT2D eigenvalue weighted by Gasteiger charge is -1.98. The summed E-state index contributed by atoms with van der Waals surface area (Å²) in [7, 11) is 0. The summed E-state index contributed by atoms with van der Waals surface area (Å²) < 4.78 is 4.87. The van der Waals surface area contributed by atoms with Crippen LogP contribution in [0.25, 0.3) is 11.0 Å². The van der Waals surface area contributed by atoms with Gasteiger partial charge in [-0.25, -0.2) is 14.8 Å². The van der Waals surface area contributed by atoms with Gasteiger partial charge in [0.1, 0.15) is 11.1 Å². The van der Waals surface area contributed by atoms with Gasteiger partial charge < -0.3 is 9.72 Å². The largest absolute Gasteiger partial charge is 0.462 e. The molecule has 2 heterocycles. The normalized spacial score (nSPS) is 10.5. The second kappa shape index (κ2) is 3.86. The van der Waals surface area contributed by atoms with Crippen molar-refractivity contribution in [3.8, 4) is 0 Å². The second-order valence-corrected chi connectivity index (χ2v) is 3.16. The van der Waals surface area contributed by atoms with Crippen LogP contribution in [0.3, 0.4) is 0 Å². The number of H-pyrrole nitrogens is 1. The molecule has 0 unspecified atom stereocenters. The minimum atomic E-state index is -0.418.